The Morgan fingerprint density at radius 2 is 2.00 bits per heavy atom. The predicted octanol–water partition coefficient (Wildman–Crippen LogP) is 1.35. The van der Waals surface area contributed by atoms with Crippen LogP contribution in [0.25, 0.3) is 0 Å². The van der Waals surface area contributed by atoms with Crippen LogP contribution in [0.5, 0.6) is 5.75 Å². The highest BCUT2D eigenvalue weighted by Gasteiger charge is 2.28. The lowest BCUT2D eigenvalue weighted by atomic mass is 10.1. The van der Waals surface area contributed by atoms with Gasteiger partial charge >= 0.3 is 6.23 Å². The first-order chi connectivity index (χ1) is 5.27. The van der Waals surface area contributed by atoms with Crippen LogP contribution >= 0.6 is 0 Å². The van der Waals surface area contributed by atoms with Crippen LogP contribution in [0.3, 0.4) is 0 Å². The molecular weight excluding hydrogens is 146 g/mol. The molecule has 3 rings (SSSR count). The zero-order valence-electron chi connectivity index (χ0n) is 5.56. The van der Waals surface area contributed by atoms with E-state index in [1.165, 1.54) is 0 Å². The highest BCUT2D eigenvalue weighted by Crippen LogP contribution is 2.29. The van der Waals surface area contributed by atoms with E-state index in [1.54, 1.807) is 24.3 Å². The van der Waals surface area contributed by atoms with Gasteiger partial charge in [0, 0.05) is 0 Å². The standard InChI is InChI=1S/C7H5NO3/c9-8(10)7-5-1-3-6(11-7)4-2-5/h1-4,7H. The molecule has 0 radical (unpaired) electrons. The third-order valence-corrected chi connectivity index (χ3v) is 1.60. The minimum Gasteiger partial charge on any atom is -0.426 e. The van der Waals surface area contributed by atoms with Gasteiger partial charge in [-0.25, -0.2) is 0 Å². The smallest absolute Gasteiger partial charge is 0.380 e. The van der Waals surface area contributed by atoms with Crippen LogP contribution in [0, 0.1) is 10.1 Å². The van der Waals surface area contributed by atoms with Crippen LogP contribution in [0.4, 0.5) is 0 Å². The molecule has 0 aliphatic carbocycles. The summed E-state index contributed by atoms with van der Waals surface area (Å²) in [5.74, 6) is 0.557. The van der Waals surface area contributed by atoms with Crippen molar-refractivity contribution in [2.24, 2.45) is 0 Å². The molecule has 0 amide bonds. The second kappa shape index (κ2) is 1.95. The fourth-order valence-corrected chi connectivity index (χ4v) is 1.07. The number of fused-ring (bicyclic) bond motifs is 3. The highest BCUT2D eigenvalue weighted by atomic mass is 16.7. The molecule has 2 aliphatic rings. The molecule has 11 heavy (non-hydrogen) atoms. The first kappa shape index (κ1) is 6.15. The average Bonchev–Trinajstić information content (AvgIpc) is 2.06. The summed E-state index contributed by atoms with van der Waals surface area (Å²) >= 11 is 0. The minimum atomic E-state index is -0.986. The molecule has 2 heterocycles. The summed E-state index contributed by atoms with van der Waals surface area (Å²) in [5.41, 5.74) is 0.602. The van der Waals surface area contributed by atoms with E-state index in [1.807, 2.05) is 0 Å². The van der Waals surface area contributed by atoms with Crippen molar-refractivity contribution in [3.8, 4) is 5.75 Å². The maximum atomic E-state index is 10.3. The number of hydrogen-bond acceptors (Lipinski definition) is 3. The molecule has 0 spiro atoms. The monoisotopic (exact) mass is 151 g/mol. The molecule has 2 bridgehead atoms. The lowest BCUT2D eigenvalue weighted by Gasteiger charge is -2.17. The summed E-state index contributed by atoms with van der Waals surface area (Å²) in [7, 11) is 0. The van der Waals surface area contributed by atoms with E-state index < -0.39 is 11.2 Å². The second-order valence-electron chi connectivity index (χ2n) is 2.32. The zero-order chi connectivity index (χ0) is 7.84. The number of ether oxygens (including phenoxy) is 1. The Morgan fingerprint density at radius 1 is 1.36 bits per heavy atom. The Bertz CT molecular complexity index is 293. The van der Waals surface area contributed by atoms with Crippen LogP contribution in [0.2, 0.25) is 0 Å². The van der Waals surface area contributed by atoms with Crippen molar-refractivity contribution >= 4 is 0 Å². The number of hydrogen-bond donors (Lipinski definition) is 0. The normalized spacial score (nSPS) is 19.5. The SMILES string of the molecule is O=[N+]([O-])C1Oc2ccc1cc2. The summed E-state index contributed by atoms with van der Waals surface area (Å²) in [6.07, 6.45) is -0.986. The van der Waals surface area contributed by atoms with Gasteiger partial charge in [0.1, 0.15) is 5.75 Å². The van der Waals surface area contributed by atoms with Crippen molar-refractivity contribution in [3.63, 3.8) is 0 Å². The lowest BCUT2D eigenvalue weighted by Crippen LogP contribution is -2.20. The fourth-order valence-electron chi connectivity index (χ4n) is 1.07. The molecule has 0 fully saturated rings. The van der Waals surface area contributed by atoms with Crippen LogP contribution in [0.1, 0.15) is 11.8 Å². The molecule has 4 heteroatoms. The molecule has 4 nitrogen and oxygen atoms in total. The van der Waals surface area contributed by atoms with Crippen LogP contribution in [-0.2, 0) is 0 Å². The maximum Gasteiger partial charge on any atom is 0.380 e. The maximum absolute atomic E-state index is 10.3. The van der Waals surface area contributed by atoms with E-state index in [2.05, 4.69) is 0 Å². The Morgan fingerprint density at radius 3 is 2.27 bits per heavy atom. The lowest BCUT2D eigenvalue weighted by molar-refractivity contribution is -0.571. The Labute approximate surface area is 62.6 Å². The predicted molar refractivity (Wildman–Crippen MR) is 36.8 cm³/mol. The molecule has 1 aromatic rings. The molecule has 1 aromatic carbocycles. The number of nitrogens with zero attached hydrogens (tertiary/aromatic N) is 1. The van der Waals surface area contributed by atoms with Crippen molar-refractivity contribution in [1.82, 2.24) is 0 Å². The fraction of sp³-hybridized carbons (Fsp3) is 0.143. The van der Waals surface area contributed by atoms with Gasteiger partial charge in [0.25, 0.3) is 0 Å². The summed E-state index contributed by atoms with van der Waals surface area (Å²) in [4.78, 5) is 9.88. The van der Waals surface area contributed by atoms with Gasteiger partial charge in [-0.2, -0.15) is 0 Å². The summed E-state index contributed by atoms with van der Waals surface area (Å²) < 4.78 is 4.95. The molecule has 1 atom stereocenters. The minimum absolute atomic E-state index is 0.442. The van der Waals surface area contributed by atoms with E-state index in [0.29, 0.717) is 11.3 Å². The van der Waals surface area contributed by atoms with Gasteiger partial charge in [-0.15, -0.1) is 0 Å². The molecule has 1 unspecified atom stereocenters. The molecule has 56 valence electrons. The van der Waals surface area contributed by atoms with Crippen molar-refractivity contribution < 1.29 is 9.66 Å². The van der Waals surface area contributed by atoms with Crippen LogP contribution < -0.4 is 4.74 Å². The second-order valence-corrected chi connectivity index (χ2v) is 2.32. The molecule has 0 saturated heterocycles. The largest absolute Gasteiger partial charge is 0.426 e. The zero-order valence-corrected chi connectivity index (χ0v) is 5.56. The van der Waals surface area contributed by atoms with Gasteiger partial charge < -0.3 is 4.74 Å². The van der Waals surface area contributed by atoms with Gasteiger partial charge in [-0.05, 0) is 24.3 Å². The van der Waals surface area contributed by atoms with Crippen molar-refractivity contribution in [2.75, 3.05) is 0 Å². The Hall–Kier alpha value is -1.58. The first-order valence-electron chi connectivity index (χ1n) is 3.17. The molecule has 0 saturated carbocycles. The molecule has 0 aromatic heterocycles. The quantitative estimate of drug-likeness (QED) is 0.449. The van der Waals surface area contributed by atoms with Gasteiger partial charge in [0.15, 0.2) is 0 Å². The Kier molecular flexibility index (Phi) is 1.09. The summed E-state index contributed by atoms with van der Waals surface area (Å²) in [6.45, 7) is 0. The molecular formula is C7H5NO3. The van der Waals surface area contributed by atoms with Gasteiger partial charge in [0.05, 0.1) is 10.5 Å². The van der Waals surface area contributed by atoms with E-state index in [0.717, 1.165) is 0 Å². The average molecular weight is 151 g/mol. The van der Waals surface area contributed by atoms with Crippen molar-refractivity contribution in [1.29, 1.82) is 0 Å². The topological polar surface area (TPSA) is 52.4 Å². The van der Waals surface area contributed by atoms with Gasteiger partial charge in [-0.1, -0.05) is 0 Å². The van der Waals surface area contributed by atoms with E-state index in [4.69, 9.17) is 4.74 Å². The summed E-state index contributed by atoms with van der Waals surface area (Å²) in [6, 6.07) is 6.84. The van der Waals surface area contributed by atoms with E-state index >= 15 is 0 Å². The van der Waals surface area contributed by atoms with Crippen molar-refractivity contribution in [2.45, 2.75) is 6.23 Å². The Balaban J connectivity index is 2.44. The number of benzene rings is 1. The van der Waals surface area contributed by atoms with Crippen molar-refractivity contribution in [3.05, 3.63) is 39.9 Å². The third kappa shape index (κ3) is 0.832. The van der Waals surface area contributed by atoms with Gasteiger partial charge in [0.2, 0.25) is 0 Å². The third-order valence-electron chi connectivity index (χ3n) is 1.60. The molecule has 2 aliphatic heterocycles. The molecule has 0 N–H and O–H groups in total. The summed E-state index contributed by atoms with van der Waals surface area (Å²) in [5, 5.41) is 10.3. The van der Waals surface area contributed by atoms with Crippen LogP contribution in [-0.4, -0.2) is 4.92 Å². The van der Waals surface area contributed by atoms with Crippen LogP contribution in [0.15, 0.2) is 24.3 Å². The number of nitro groups is 1. The van der Waals surface area contributed by atoms with E-state index in [9.17, 15) is 10.1 Å². The van der Waals surface area contributed by atoms with Gasteiger partial charge in [-0.3, -0.25) is 10.1 Å². The van der Waals surface area contributed by atoms with E-state index in [-0.39, 0.29) is 0 Å². The highest BCUT2D eigenvalue weighted by molar-refractivity contribution is 5.32. The first-order valence-corrected chi connectivity index (χ1v) is 3.17. The number of rotatable bonds is 1.